The van der Waals surface area contributed by atoms with E-state index in [1.807, 2.05) is 0 Å². The lowest BCUT2D eigenvalue weighted by Gasteiger charge is -2.09. The van der Waals surface area contributed by atoms with Crippen molar-refractivity contribution in [3.8, 4) is 5.75 Å². The number of phenols is 1. The molecule has 0 saturated carbocycles. The number of rotatable bonds is 4. The minimum Gasteiger partial charge on any atom is -0.508 e. The number of carbonyl (C=O) groups is 2. The van der Waals surface area contributed by atoms with Crippen LogP contribution in [0.2, 0.25) is 0 Å². The summed E-state index contributed by atoms with van der Waals surface area (Å²) < 4.78 is 0. The van der Waals surface area contributed by atoms with Gasteiger partial charge in [-0.1, -0.05) is 12.1 Å². The Morgan fingerprint density at radius 2 is 1.94 bits per heavy atom. The van der Waals surface area contributed by atoms with Gasteiger partial charge in [0.25, 0.3) is 0 Å². The van der Waals surface area contributed by atoms with Crippen molar-refractivity contribution in [2.24, 2.45) is 5.73 Å². The summed E-state index contributed by atoms with van der Waals surface area (Å²) in [6, 6.07) is 2.61. The van der Waals surface area contributed by atoms with Crippen LogP contribution in [0.5, 0.6) is 5.75 Å². The summed E-state index contributed by atoms with van der Waals surface area (Å²) in [7, 11) is 0. The van der Waals surface area contributed by atoms with Crippen LogP contribution in [0, 0.1) is 0 Å². The fourth-order valence-corrected chi connectivity index (χ4v) is 1.27. The third-order valence-electron chi connectivity index (χ3n) is 2.05. The first-order valence-electron chi connectivity index (χ1n) is 4.43. The highest BCUT2D eigenvalue weighted by Gasteiger charge is 2.18. The van der Waals surface area contributed by atoms with Gasteiger partial charge in [0.1, 0.15) is 11.8 Å². The molecule has 0 saturated heterocycles. The Hall–Kier alpha value is -2.08. The van der Waals surface area contributed by atoms with Gasteiger partial charge in [-0.3, -0.25) is 9.59 Å². The van der Waals surface area contributed by atoms with Gasteiger partial charge in [-0.25, -0.2) is 0 Å². The largest absolute Gasteiger partial charge is 0.508 e. The van der Waals surface area contributed by atoms with Crippen LogP contribution in [0.1, 0.15) is 17.2 Å². The average Bonchev–Trinajstić information content (AvgIpc) is 2.15. The monoisotopic (exact) mass is 225 g/mol. The molecule has 0 aromatic heterocycles. The normalized spacial score (nSPS) is 12.1. The van der Waals surface area contributed by atoms with Crippen molar-refractivity contribution in [2.45, 2.75) is 12.5 Å². The van der Waals surface area contributed by atoms with Crippen LogP contribution in [0.3, 0.4) is 0 Å². The molecule has 5 N–H and O–H groups in total. The fourth-order valence-electron chi connectivity index (χ4n) is 1.27. The maximum absolute atomic E-state index is 10.6. The van der Waals surface area contributed by atoms with Gasteiger partial charge >= 0.3 is 11.9 Å². The third-order valence-corrected chi connectivity index (χ3v) is 2.05. The predicted octanol–water partition coefficient (Wildman–Crippen LogP) is 0.104. The Kier molecular flexibility index (Phi) is 3.47. The Labute approximate surface area is 90.9 Å². The molecule has 0 aliphatic rings. The maximum Gasteiger partial charge on any atom is 0.325 e. The minimum atomic E-state index is -1.32. The fraction of sp³-hybridized carbons (Fsp3) is 0.200. The summed E-state index contributed by atoms with van der Waals surface area (Å²) in [5.74, 6) is -2.61. The second-order valence-corrected chi connectivity index (χ2v) is 3.28. The molecule has 0 bridgehead atoms. The second kappa shape index (κ2) is 4.63. The molecule has 0 aliphatic heterocycles. The van der Waals surface area contributed by atoms with Crippen LogP contribution in [-0.2, 0) is 16.0 Å². The molecular formula is C10H11NO5. The number of nitrogens with two attached hydrogens (primary N) is 1. The number of carboxylic acid groups (broad SMARTS) is 2. The molecule has 1 atom stereocenters. The summed E-state index contributed by atoms with van der Waals surface area (Å²) in [6.45, 7) is 0. The predicted molar refractivity (Wildman–Crippen MR) is 54.0 cm³/mol. The molecule has 6 nitrogen and oxygen atoms in total. The van der Waals surface area contributed by atoms with Crippen LogP contribution in [0.4, 0.5) is 0 Å². The van der Waals surface area contributed by atoms with E-state index in [1.165, 1.54) is 18.2 Å². The summed E-state index contributed by atoms with van der Waals surface area (Å²) in [4.78, 5) is 21.0. The average molecular weight is 225 g/mol. The molecule has 0 heterocycles. The highest BCUT2D eigenvalue weighted by molar-refractivity contribution is 5.76. The summed E-state index contributed by atoms with van der Waals surface area (Å²) in [5.41, 5.74) is 5.75. The first kappa shape index (κ1) is 12.0. The number of aromatic hydroxyl groups is 1. The Morgan fingerprint density at radius 3 is 2.38 bits per heavy atom. The molecule has 0 spiro atoms. The minimum absolute atomic E-state index is 0.0571. The number of carboxylic acids is 2. The van der Waals surface area contributed by atoms with Crippen LogP contribution in [-0.4, -0.2) is 27.3 Å². The molecule has 1 rings (SSSR count). The van der Waals surface area contributed by atoms with E-state index >= 15 is 0 Å². The van der Waals surface area contributed by atoms with Crippen molar-refractivity contribution in [3.05, 3.63) is 29.3 Å². The molecule has 0 radical (unpaired) electrons. The van der Waals surface area contributed by atoms with E-state index < -0.39 is 18.0 Å². The van der Waals surface area contributed by atoms with Crippen molar-refractivity contribution in [1.82, 2.24) is 0 Å². The summed E-state index contributed by atoms with van der Waals surface area (Å²) >= 11 is 0. The first-order chi connectivity index (χ1) is 7.41. The van der Waals surface area contributed by atoms with Gasteiger partial charge in [-0.15, -0.1) is 0 Å². The Balaban J connectivity index is 3.00. The van der Waals surface area contributed by atoms with Gasteiger partial charge in [0.2, 0.25) is 0 Å². The lowest BCUT2D eigenvalue weighted by molar-refractivity contribution is -0.139. The molecular weight excluding hydrogens is 214 g/mol. The van der Waals surface area contributed by atoms with Gasteiger partial charge in [0, 0.05) is 5.56 Å². The second-order valence-electron chi connectivity index (χ2n) is 3.28. The molecule has 1 aromatic rings. The Morgan fingerprint density at radius 1 is 1.31 bits per heavy atom. The highest BCUT2D eigenvalue weighted by atomic mass is 16.4. The smallest absolute Gasteiger partial charge is 0.325 e. The molecule has 0 fully saturated rings. The molecule has 0 aliphatic carbocycles. The SMILES string of the molecule is NC(C(=O)O)c1ccc(CC(=O)O)cc1O. The first-order valence-corrected chi connectivity index (χ1v) is 4.43. The summed E-state index contributed by atoms with van der Waals surface area (Å²) in [5, 5.41) is 26.7. The molecule has 0 amide bonds. The van der Waals surface area contributed by atoms with Crippen molar-refractivity contribution >= 4 is 11.9 Å². The van der Waals surface area contributed by atoms with Crippen molar-refractivity contribution in [3.63, 3.8) is 0 Å². The van der Waals surface area contributed by atoms with E-state index in [4.69, 9.17) is 15.9 Å². The van der Waals surface area contributed by atoms with E-state index in [0.29, 0.717) is 5.56 Å². The zero-order chi connectivity index (χ0) is 12.3. The standard InChI is InChI=1S/C10H11NO5/c11-9(10(15)16)6-2-1-5(3-7(6)12)4-8(13)14/h1-3,9,12H,4,11H2,(H,13,14)(H,15,16). The van der Waals surface area contributed by atoms with Crippen molar-refractivity contribution in [1.29, 1.82) is 0 Å². The molecule has 16 heavy (non-hydrogen) atoms. The topological polar surface area (TPSA) is 121 Å². The van der Waals surface area contributed by atoms with Gasteiger partial charge in [-0.05, 0) is 11.6 Å². The van der Waals surface area contributed by atoms with Crippen LogP contribution in [0.15, 0.2) is 18.2 Å². The van der Waals surface area contributed by atoms with E-state index in [1.54, 1.807) is 0 Å². The van der Waals surface area contributed by atoms with Crippen molar-refractivity contribution < 1.29 is 24.9 Å². The van der Waals surface area contributed by atoms with Gasteiger partial charge in [-0.2, -0.15) is 0 Å². The quantitative estimate of drug-likeness (QED) is 0.576. The molecule has 6 heteroatoms. The van der Waals surface area contributed by atoms with Gasteiger partial charge in [0.05, 0.1) is 6.42 Å². The molecule has 1 aromatic carbocycles. The number of benzene rings is 1. The summed E-state index contributed by atoms with van der Waals surface area (Å²) in [6.07, 6.45) is -0.240. The van der Waals surface area contributed by atoms with E-state index in [-0.39, 0.29) is 17.7 Å². The number of hydrogen-bond acceptors (Lipinski definition) is 4. The van der Waals surface area contributed by atoms with Crippen LogP contribution < -0.4 is 5.73 Å². The van der Waals surface area contributed by atoms with Gasteiger partial charge < -0.3 is 21.1 Å². The molecule has 86 valence electrons. The van der Waals surface area contributed by atoms with Crippen LogP contribution >= 0.6 is 0 Å². The highest BCUT2D eigenvalue weighted by Crippen LogP contribution is 2.24. The van der Waals surface area contributed by atoms with Gasteiger partial charge in [0.15, 0.2) is 0 Å². The molecule has 1 unspecified atom stereocenters. The zero-order valence-electron chi connectivity index (χ0n) is 8.25. The van der Waals surface area contributed by atoms with E-state index in [0.717, 1.165) is 0 Å². The lowest BCUT2D eigenvalue weighted by Crippen LogP contribution is -2.20. The zero-order valence-corrected chi connectivity index (χ0v) is 8.25. The van der Waals surface area contributed by atoms with Crippen LogP contribution in [0.25, 0.3) is 0 Å². The third kappa shape index (κ3) is 2.71. The Bertz CT molecular complexity index is 429. The maximum atomic E-state index is 10.6. The van der Waals surface area contributed by atoms with E-state index in [2.05, 4.69) is 0 Å². The number of phenolic OH excluding ortho intramolecular Hbond substituents is 1. The van der Waals surface area contributed by atoms with E-state index in [9.17, 15) is 14.7 Å². The number of aliphatic carboxylic acids is 2. The van der Waals surface area contributed by atoms with Crippen molar-refractivity contribution in [2.75, 3.05) is 0 Å². The number of hydrogen-bond donors (Lipinski definition) is 4. The lowest BCUT2D eigenvalue weighted by atomic mass is 10.0.